The van der Waals surface area contributed by atoms with Crippen molar-refractivity contribution in [2.24, 2.45) is 0 Å². The zero-order chi connectivity index (χ0) is 11.5. The van der Waals surface area contributed by atoms with Gasteiger partial charge in [0.2, 0.25) is 0 Å². The van der Waals surface area contributed by atoms with E-state index >= 15 is 0 Å². The Morgan fingerprint density at radius 2 is 1.94 bits per heavy atom. The molecule has 0 saturated heterocycles. The molecule has 16 heavy (non-hydrogen) atoms. The second-order valence-corrected chi connectivity index (χ2v) is 3.39. The summed E-state index contributed by atoms with van der Waals surface area (Å²) in [6.45, 7) is 0. The first-order valence-corrected chi connectivity index (χ1v) is 4.86. The van der Waals surface area contributed by atoms with Crippen LogP contribution in [-0.2, 0) is 0 Å². The van der Waals surface area contributed by atoms with Crippen LogP contribution in [0.4, 0.5) is 0 Å². The molecule has 1 fully saturated rings. The third kappa shape index (κ3) is 2.03. The van der Waals surface area contributed by atoms with Gasteiger partial charge in [0.1, 0.15) is 5.75 Å². The van der Waals surface area contributed by atoms with Crippen molar-refractivity contribution in [3.8, 4) is 5.75 Å². The molecule has 1 aromatic carbocycles. The summed E-state index contributed by atoms with van der Waals surface area (Å²) in [5.74, 6) is 0.646. The first kappa shape index (κ1) is 11.0. The fourth-order valence-corrected chi connectivity index (χ4v) is 1.62. The summed E-state index contributed by atoms with van der Waals surface area (Å²) in [6, 6.07) is 4.87. The van der Waals surface area contributed by atoms with Crippen LogP contribution in [0.25, 0.3) is 0 Å². The smallest absolute Gasteiger partial charge is 0.335 e. The van der Waals surface area contributed by atoms with Crippen molar-refractivity contribution in [3.63, 3.8) is 0 Å². The largest absolute Gasteiger partial charge is 0.496 e. The summed E-state index contributed by atoms with van der Waals surface area (Å²) < 4.78 is 5.20. The van der Waals surface area contributed by atoms with E-state index < -0.39 is 5.97 Å². The lowest BCUT2D eigenvalue weighted by Crippen LogP contribution is -2.02. The summed E-state index contributed by atoms with van der Waals surface area (Å²) in [5, 5.41) is 8.87. The highest BCUT2D eigenvalue weighted by molar-refractivity contribution is 5.88. The van der Waals surface area contributed by atoms with Crippen LogP contribution in [0.1, 0.15) is 15.9 Å². The number of hydrogen-bond acceptors (Lipinski definition) is 2. The Labute approximate surface area is 95.0 Å². The fourth-order valence-electron chi connectivity index (χ4n) is 1.62. The topological polar surface area (TPSA) is 46.5 Å². The summed E-state index contributed by atoms with van der Waals surface area (Å²) in [4.78, 5) is 10.8. The van der Waals surface area contributed by atoms with Crippen molar-refractivity contribution in [3.05, 3.63) is 60.9 Å². The number of methoxy groups -OCH3 is 1. The van der Waals surface area contributed by atoms with Crippen molar-refractivity contribution in [1.29, 1.82) is 0 Å². The number of benzene rings is 1. The van der Waals surface area contributed by atoms with Crippen LogP contribution in [0, 0.1) is 31.6 Å². The van der Waals surface area contributed by atoms with E-state index in [1.807, 2.05) is 25.7 Å². The molecule has 1 saturated carbocycles. The van der Waals surface area contributed by atoms with Gasteiger partial charge in [-0.3, -0.25) is 0 Å². The van der Waals surface area contributed by atoms with E-state index in [9.17, 15) is 4.79 Å². The molecule has 1 aliphatic rings. The van der Waals surface area contributed by atoms with Gasteiger partial charge in [-0.25, -0.2) is 4.79 Å². The number of carbonyl (C=O) groups is 1. The maximum Gasteiger partial charge on any atom is 0.335 e. The van der Waals surface area contributed by atoms with Gasteiger partial charge < -0.3 is 9.84 Å². The first-order chi connectivity index (χ1) is 7.72. The van der Waals surface area contributed by atoms with Crippen molar-refractivity contribution in [2.45, 2.75) is 0 Å². The van der Waals surface area contributed by atoms with E-state index in [0.29, 0.717) is 5.75 Å². The molecule has 0 spiro atoms. The van der Waals surface area contributed by atoms with E-state index in [1.54, 1.807) is 12.1 Å². The van der Waals surface area contributed by atoms with Crippen molar-refractivity contribution < 1.29 is 14.6 Å². The molecule has 81 valence electrons. The quantitative estimate of drug-likeness (QED) is 0.840. The third-order valence-corrected chi connectivity index (χ3v) is 2.42. The standard InChI is InChI=1S/C13H11O3/c1-16-12-8-10(13(14)15)6-7-11(12)9-4-2-3-5-9/h2-8H,1H3,(H,14,15). The maximum atomic E-state index is 10.8. The van der Waals surface area contributed by atoms with Gasteiger partial charge in [-0.1, -0.05) is 6.07 Å². The van der Waals surface area contributed by atoms with Crippen molar-refractivity contribution in [1.82, 2.24) is 0 Å². The summed E-state index contributed by atoms with van der Waals surface area (Å²) in [7, 11) is 1.54. The minimum Gasteiger partial charge on any atom is -0.496 e. The molecule has 0 unspecified atom stereocenters. The first-order valence-electron chi connectivity index (χ1n) is 4.86. The molecule has 0 atom stereocenters. The number of ether oxygens (including phenoxy) is 1. The lowest BCUT2D eigenvalue weighted by Gasteiger charge is -2.13. The van der Waals surface area contributed by atoms with Gasteiger partial charge in [0, 0.05) is 11.5 Å². The fraction of sp³-hybridized carbons (Fsp3) is 0.0769. The summed E-state index contributed by atoms with van der Waals surface area (Å²) in [5.41, 5.74) is 1.13. The summed E-state index contributed by atoms with van der Waals surface area (Å²) >= 11 is 0. The Bertz CT molecular complexity index is 392. The molecule has 0 amide bonds. The Balaban J connectivity index is 2.34. The minimum absolute atomic E-state index is 0.229. The molecule has 1 aliphatic carbocycles. The minimum atomic E-state index is -0.952. The molecular formula is C13H11O3. The van der Waals surface area contributed by atoms with Gasteiger partial charge in [-0.05, 0) is 37.8 Å². The zero-order valence-corrected chi connectivity index (χ0v) is 8.81. The molecule has 0 aliphatic heterocycles. The number of rotatable bonds is 3. The van der Waals surface area contributed by atoms with Crippen LogP contribution in [-0.4, -0.2) is 18.2 Å². The Morgan fingerprint density at radius 1 is 1.25 bits per heavy atom. The van der Waals surface area contributed by atoms with E-state index in [0.717, 1.165) is 11.5 Å². The molecule has 0 aromatic heterocycles. The normalized spacial score (nSPS) is 16.3. The van der Waals surface area contributed by atoms with Gasteiger partial charge in [0.15, 0.2) is 0 Å². The lowest BCUT2D eigenvalue weighted by atomic mass is 9.95. The van der Waals surface area contributed by atoms with E-state index in [-0.39, 0.29) is 5.56 Å². The Kier molecular flexibility index (Phi) is 3.13. The molecule has 3 heteroatoms. The predicted molar refractivity (Wildman–Crippen MR) is 59.5 cm³/mol. The van der Waals surface area contributed by atoms with E-state index in [1.165, 1.54) is 13.2 Å². The van der Waals surface area contributed by atoms with Crippen molar-refractivity contribution >= 4 is 5.97 Å². The average molecular weight is 215 g/mol. The van der Waals surface area contributed by atoms with Gasteiger partial charge in [-0.15, -0.1) is 0 Å². The molecule has 2 rings (SSSR count). The second-order valence-electron chi connectivity index (χ2n) is 3.39. The van der Waals surface area contributed by atoms with Crippen LogP contribution >= 0.6 is 0 Å². The average Bonchev–Trinajstić information content (AvgIpc) is 2.81. The van der Waals surface area contributed by atoms with Gasteiger partial charge in [-0.2, -0.15) is 0 Å². The van der Waals surface area contributed by atoms with Crippen LogP contribution in [0.2, 0.25) is 0 Å². The van der Waals surface area contributed by atoms with Crippen LogP contribution in [0.3, 0.4) is 0 Å². The second kappa shape index (κ2) is 4.56. The molecule has 1 N–H and O–H groups in total. The highest BCUT2D eigenvalue weighted by atomic mass is 16.5. The highest BCUT2D eigenvalue weighted by Crippen LogP contribution is 2.35. The van der Waals surface area contributed by atoms with Gasteiger partial charge in [0.25, 0.3) is 0 Å². The summed E-state index contributed by atoms with van der Waals surface area (Å²) in [6.07, 6.45) is 7.77. The van der Waals surface area contributed by atoms with Crippen LogP contribution in [0.15, 0.2) is 18.2 Å². The number of hydrogen-bond donors (Lipinski definition) is 1. The monoisotopic (exact) mass is 215 g/mol. The zero-order valence-electron chi connectivity index (χ0n) is 8.81. The maximum absolute atomic E-state index is 10.8. The molecule has 0 bridgehead atoms. The van der Waals surface area contributed by atoms with E-state index in [2.05, 4.69) is 0 Å². The van der Waals surface area contributed by atoms with Gasteiger partial charge in [0.05, 0.1) is 12.7 Å². The molecule has 1 aromatic rings. The highest BCUT2D eigenvalue weighted by Gasteiger charge is 2.22. The Hall–Kier alpha value is -1.51. The van der Waals surface area contributed by atoms with Crippen LogP contribution < -0.4 is 4.74 Å². The Morgan fingerprint density at radius 3 is 2.50 bits per heavy atom. The van der Waals surface area contributed by atoms with Gasteiger partial charge >= 0.3 is 5.97 Å². The number of carboxylic acids is 1. The number of carboxylic acid groups (broad SMARTS) is 1. The van der Waals surface area contributed by atoms with Crippen molar-refractivity contribution in [2.75, 3.05) is 7.11 Å². The lowest BCUT2D eigenvalue weighted by molar-refractivity contribution is 0.0696. The molecule has 3 nitrogen and oxygen atoms in total. The molecular weight excluding hydrogens is 204 g/mol. The van der Waals surface area contributed by atoms with E-state index in [4.69, 9.17) is 9.84 Å². The SMILES string of the molecule is COc1cc(C(=O)O)ccc1[C]1[CH][CH][CH][CH]1. The number of aromatic carboxylic acids is 1. The predicted octanol–water partition coefficient (Wildman–Crippen LogP) is 2.15. The third-order valence-electron chi connectivity index (χ3n) is 2.42. The molecule has 5 radical (unpaired) electrons. The van der Waals surface area contributed by atoms with Crippen LogP contribution in [0.5, 0.6) is 5.75 Å². The molecule has 0 heterocycles.